The molecule has 0 saturated heterocycles. The van der Waals surface area contributed by atoms with Gasteiger partial charge in [-0.2, -0.15) is 26.3 Å². The van der Waals surface area contributed by atoms with Gasteiger partial charge >= 0.3 is 24.3 Å². The molecule has 6 nitrogen and oxygen atoms in total. The molecule has 0 bridgehead atoms. The Bertz CT molecular complexity index is 1260. The lowest BCUT2D eigenvalue weighted by Crippen LogP contribution is -2.49. The molecule has 202 valence electrons. The van der Waals surface area contributed by atoms with Crippen LogP contribution in [0.3, 0.4) is 0 Å². The van der Waals surface area contributed by atoms with Gasteiger partial charge in [-0.05, 0) is 48.4 Å². The number of hydrogen-bond donors (Lipinski definition) is 1. The fourth-order valence-corrected chi connectivity index (χ4v) is 3.34. The van der Waals surface area contributed by atoms with E-state index < -0.39 is 47.3 Å². The Kier molecular flexibility index (Phi) is 8.23. The molecule has 0 saturated carbocycles. The van der Waals surface area contributed by atoms with Gasteiger partial charge in [0, 0.05) is 0 Å². The number of aliphatic carboxylic acids is 1. The van der Waals surface area contributed by atoms with E-state index >= 15 is 0 Å². The molecular weight excluding hydrogens is 522 g/mol. The van der Waals surface area contributed by atoms with E-state index in [4.69, 9.17) is 9.47 Å². The average Bonchev–Trinajstić information content (AvgIpc) is 2.86. The van der Waals surface area contributed by atoms with Gasteiger partial charge in [0.2, 0.25) is 5.60 Å². The van der Waals surface area contributed by atoms with Gasteiger partial charge in [0.1, 0.15) is 18.1 Å². The van der Waals surface area contributed by atoms with E-state index in [1.54, 1.807) is 24.3 Å². The summed E-state index contributed by atoms with van der Waals surface area (Å²) >= 11 is 0. The molecule has 0 radical (unpaired) electrons. The Morgan fingerprint density at radius 2 is 1.47 bits per heavy atom. The van der Waals surface area contributed by atoms with E-state index in [1.807, 2.05) is 6.07 Å². The lowest BCUT2D eigenvalue weighted by atomic mass is 9.92. The number of halogens is 6. The van der Waals surface area contributed by atoms with Crippen molar-refractivity contribution in [2.45, 2.75) is 37.6 Å². The minimum absolute atomic E-state index is 0.151. The van der Waals surface area contributed by atoms with Crippen LogP contribution in [0, 0.1) is 0 Å². The highest BCUT2D eigenvalue weighted by Crippen LogP contribution is 2.38. The molecule has 0 amide bonds. The van der Waals surface area contributed by atoms with Gasteiger partial charge in [-0.25, -0.2) is 9.59 Å². The molecule has 0 spiro atoms. The van der Waals surface area contributed by atoms with Gasteiger partial charge in [0.25, 0.3) is 0 Å². The van der Waals surface area contributed by atoms with Crippen molar-refractivity contribution >= 4 is 11.9 Å². The molecule has 12 heteroatoms. The van der Waals surface area contributed by atoms with Gasteiger partial charge in [-0.3, -0.25) is 0 Å². The average molecular weight is 542 g/mol. The normalized spacial score (nSPS) is 14.2. The maximum atomic E-state index is 13.1. The van der Waals surface area contributed by atoms with Crippen LogP contribution in [0.25, 0.3) is 0 Å². The van der Waals surface area contributed by atoms with Crippen LogP contribution in [0.4, 0.5) is 26.3 Å². The number of hydrogen-bond acceptors (Lipinski definition) is 5. The lowest BCUT2D eigenvalue weighted by molar-refractivity contribution is -0.216. The third kappa shape index (κ3) is 6.96. The number of benzene rings is 3. The number of carboxylic acid groups (broad SMARTS) is 1. The number of carbonyl (C=O) groups excluding carboxylic acids is 1. The Morgan fingerprint density at radius 3 is 2.03 bits per heavy atom. The summed E-state index contributed by atoms with van der Waals surface area (Å²) in [5, 5.41) is 9.89. The molecule has 2 atom stereocenters. The fraction of sp³-hybridized carbons (Fsp3) is 0.231. The summed E-state index contributed by atoms with van der Waals surface area (Å²) in [6.45, 7) is 0.932. The van der Waals surface area contributed by atoms with Crippen LogP contribution in [-0.2, 0) is 27.1 Å². The van der Waals surface area contributed by atoms with E-state index in [0.717, 1.165) is 36.8 Å². The second-order valence-corrected chi connectivity index (χ2v) is 8.17. The molecule has 1 N–H and O–H groups in total. The molecular formula is C26H20F6O6. The SMILES string of the molecule is CC(Oc1cccc(C(F)(F)F)c1)(C(=O)O)C(OC(=O)C(F)(F)F)c1ccc(OCc2ccccc2)cc1. The van der Waals surface area contributed by atoms with Crippen LogP contribution >= 0.6 is 0 Å². The fourth-order valence-electron chi connectivity index (χ4n) is 3.34. The Labute approximate surface area is 212 Å². The third-order valence-electron chi connectivity index (χ3n) is 5.30. The number of rotatable bonds is 9. The smallest absolute Gasteiger partial charge is 0.489 e. The van der Waals surface area contributed by atoms with Crippen LogP contribution in [-0.4, -0.2) is 28.8 Å². The number of esters is 1. The minimum Gasteiger partial charge on any atom is -0.489 e. The van der Waals surface area contributed by atoms with Gasteiger partial charge < -0.3 is 19.3 Å². The quantitative estimate of drug-likeness (QED) is 0.251. The molecule has 0 fully saturated rings. The molecule has 3 aromatic rings. The van der Waals surface area contributed by atoms with Gasteiger partial charge in [0.15, 0.2) is 6.10 Å². The third-order valence-corrected chi connectivity index (χ3v) is 5.30. The highest BCUT2D eigenvalue weighted by atomic mass is 19.4. The van der Waals surface area contributed by atoms with Crippen molar-refractivity contribution in [3.63, 3.8) is 0 Å². The summed E-state index contributed by atoms with van der Waals surface area (Å²) in [7, 11) is 0. The van der Waals surface area contributed by atoms with Crippen LogP contribution in [0.2, 0.25) is 0 Å². The van der Waals surface area contributed by atoms with Crippen molar-refractivity contribution in [3.05, 3.63) is 95.6 Å². The van der Waals surface area contributed by atoms with Crippen molar-refractivity contribution in [1.82, 2.24) is 0 Å². The molecule has 3 rings (SSSR count). The summed E-state index contributed by atoms with van der Waals surface area (Å²) in [5.41, 5.74) is -3.39. The lowest BCUT2D eigenvalue weighted by Gasteiger charge is -2.34. The van der Waals surface area contributed by atoms with Gasteiger partial charge in [0.05, 0.1) is 5.56 Å². The van der Waals surface area contributed by atoms with Gasteiger partial charge in [-0.15, -0.1) is 0 Å². The van der Waals surface area contributed by atoms with Crippen LogP contribution in [0.5, 0.6) is 11.5 Å². The maximum Gasteiger partial charge on any atom is 0.490 e. The summed E-state index contributed by atoms with van der Waals surface area (Å²) < 4.78 is 93.9. The Hall–Kier alpha value is -4.22. The highest BCUT2D eigenvalue weighted by molar-refractivity contribution is 5.81. The first-order valence-electron chi connectivity index (χ1n) is 10.8. The van der Waals surface area contributed by atoms with Crippen molar-refractivity contribution in [1.29, 1.82) is 0 Å². The first kappa shape index (κ1) is 28.4. The summed E-state index contributed by atoms with van der Waals surface area (Å²) in [4.78, 5) is 23.9. The van der Waals surface area contributed by atoms with E-state index in [0.29, 0.717) is 12.1 Å². The first-order valence-corrected chi connectivity index (χ1v) is 10.8. The second kappa shape index (κ2) is 11.0. The number of ether oxygens (including phenoxy) is 3. The van der Waals surface area contributed by atoms with E-state index in [1.165, 1.54) is 12.1 Å². The van der Waals surface area contributed by atoms with E-state index in [-0.39, 0.29) is 17.9 Å². The largest absolute Gasteiger partial charge is 0.490 e. The zero-order chi connectivity index (χ0) is 28.1. The highest BCUT2D eigenvalue weighted by Gasteiger charge is 2.52. The number of carbonyl (C=O) groups is 2. The monoisotopic (exact) mass is 542 g/mol. The zero-order valence-electron chi connectivity index (χ0n) is 19.5. The first-order chi connectivity index (χ1) is 17.7. The van der Waals surface area contributed by atoms with E-state index in [2.05, 4.69) is 4.74 Å². The molecule has 0 aliphatic carbocycles. The van der Waals surface area contributed by atoms with E-state index in [9.17, 15) is 41.0 Å². The maximum absolute atomic E-state index is 13.1. The molecule has 38 heavy (non-hydrogen) atoms. The summed E-state index contributed by atoms with van der Waals surface area (Å²) in [5.74, 6) is -4.98. The Balaban J connectivity index is 1.96. The minimum atomic E-state index is -5.49. The number of alkyl halides is 6. The predicted octanol–water partition coefficient (Wildman–Crippen LogP) is 6.35. The molecule has 0 aliphatic heterocycles. The van der Waals surface area contributed by atoms with Crippen molar-refractivity contribution in [2.24, 2.45) is 0 Å². The van der Waals surface area contributed by atoms with Crippen LogP contribution in [0.1, 0.15) is 29.7 Å². The second-order valence-electron chi connectivity index (χ2n) is 8.17. The molecule has 0 aromatic heterocycles. The van der Waals surface area contributed by atoms with Crippen molar-refractivity contribution in [3.8, 4) is 11.5 Å². The zero-order valence-corrected chi connectivity index (χ0v) is 19.5. The molecule has 0 heterocycles. The van der Waals surface area contributed by atoms with Crippen LogP contribution in [0.15, 0.2) is 78.9 Å². The Morgan fingerprint density at radius 1 is 0.842 bits per heavy atom. The predicted molar refractivity (Wildman–Crippen MR) is 120 cm³/mol. The number of carboxylic acids is 1. The summed E-state index contributed by atoms with van der Waals surface area (Å²) in [6.07, 6.45) is -12.5. The van der Waals surface area contributed by atoms with Crippen molar-refractivity contribution < 1.29 is 55.2 Å². The molecule has 0 aliphatic rings. The molecule has 2 unspecified atom stereocenters. The van der Waals surface area contributed by atoms with Gasteiger partial charge in [-0.1, -0.05) is 48.5 Å². The van der Waals surface area contributed by atoms with Crippen LogP contribution < -0.4 is 9.47 Å². The molecule has 3 aromatic carbocycles. The van der Waals surface area contributed by atoms with Crippen molar-refractivity contribution in [2.75, 3.05) is 0 Å². The standard InChI is InChI=1S/C26H20F6O6/c1-24(22(33)34,38-20-9-5-8-18(14-20)25(27,28)29)21(37-23(35)26(30,31)32)17-10-12-19(13-11-17)36-15-16-6-3-2-4-7-16/h2-14,21H,15H2,1H3,(H,33,34). The topological polar surface area (TPSA) is 82.1 Å². The summed E-state index contributed by atoms with van der Waals surface area (Å²) in [6, 6.07) is 17.0.